The van der Waals surface area contributed by atoms with Crippen molar-refractivity contribution in [2.24, 2.45) is 0 Å². The van der Waals surface area contributed by atoms with Crippen molar-refractivity contribution >= 4 is 23.9 Å². The van der Waals surface area contributed by atoms with Gasteiger partial charge in [-0.1, -0.05) is 0 Å². The van der Waals surface area contributed by atoms with Crippen LogP contribution in [0.3, 0.4) is 0 Å². The summed E-state index contributed by atoms with van der Waals surface area (Å²) >= 11 is 0.361. The second-order valence-corrected chi connectivity index (χ2v) is 6.25. The average Bonchev–Trinajstić information content (AvgIpc) is 2.45. The van der Waals surface area contributed by atoms with E-state index in [1.807, 2.05) is 7.05 Å². The Morgan fingerprint density at radius 1 is 1.00 bits per heavy atom. The van der Waals surface area contributed by atoms with Gasteiger partial charge in [0.2, 0.25) is 0 Å². The third-order valence-corrected chi connectivity index (χ3v) is 4.89. The summed E-state index contributed by atoms with van der Waals surface area (Å²) in [5.74, 6) is 0. The maximum absolute atomic E-state index is 3.19. The van der Waals surface area contributed by atoms with Crippen LogP contribution in [0.1, 0.15) is 5.56 Å². The van der Waals surface area contributed by atoms with Crippen molar-refractivity contribution < 1.29 is 0 Å². The molecule has 0 aliphatic rings. The van der Waals surface area contributed by atoms with Crippen LogP contribution in [-0.4, -0.2) is 28.5 Å². The number of benzene rings is 2. The molecule has 2 aromatic rings. The van der Waals surface area contributed by atoms with E-state index in [1.54, 1.807) is 0 Å². The van der Waals surface area contributed by atoms with Crippen molar-refractivity contribution in [2.75, 3.05) is 13.6 Å². The molecule has 18 heavy (non-hydrogen) atoms. The van der Waals surface area contributed by atoms with Gasteiger partial charge in [0.1, 0.15) is 0 Å². The third kappa shape index (κ3) is 3.85. The molecule has 1 N–H and O–H groups in total. The van der Waals surface area contributed by atoms with Crippen molar-refractivity contribution in [3.8, 4) is 0 Å². The molecular weight excluding hydrogens is 285 g/mol. The van der Waals surface area contributed by atoms with Gasteiger partial charge in [0.25, 0.3) is 0 Å². The SMILES string of the molecule is CNC/C=C(/[Se]c1ccccc1)c1ccccc1. The Bertz CT molecular complexity index is 491. The van der Waals surface area contributed by atoms with Gasteiger partial charge in [0.05, 0.1) is 0 Å². The number of nitrogens with one attached hydrogen (secondary N) is 1. The van der Waals surface area contributed by atoms with Gasteiger partial charge in [0, 0.05) is 0 Å². The Labute approximate surface area is 115 Å². The maximum atomic E-state index is 3.19. The summed E-state index contributed by atoms with van der Waals surface area (Å²) in [6.45, 7) is 0.915. The van der Waals surface area contributed by atoms with E-state index < -0.39 is 0 Å². The van der Waals surface area contributed by atoms with Gasteiger partial charge < -0.3 is 0 Å². The molecule has 0 aliphatic carbocycles. The standard InChI is InChI=1S/C16H17NSe/c1-17-13-12-16(14-8-4-2-5-9-14)18-15-10-6-3-7-11-15/h2-12,17H,13H2,1H3/b16-12+. The molecule has 0 aliphatic heterocycles. The van der Waals surface area contributed by atoms with Gasteiger partial charge in [-0.2, -0.15) is 0 Å². The minimum atomic E-state index is 0.361. The van der Waals surface area contributed by atoms with Gasteiger partial charge in [0.15, 0.2) is 0 Å². The van der Waals surface area contributed by atoms with Crippen molar-refractivity contribution in [2.45, 2.75) is 0 Å². The monoisotopic (exact) mass is 303 g/mol. The number of rotatable bonds is 5. The molecule has 0 saturated carbocycles. The van der Waals surface area contributed by atoms with Gasteiger partial charge in [-0.15, -0.1) is 0 Å². The van der Waals surface area contributed by atoms with Crippen LogP contribution in [0, 0.1) is 0 Å². The molecule has 0 radical (unpaired) electrons. The summed E-state index contributed by atoms with van der Waals surface area (Å²) in [5, 5.41) is 3.19. The molecule has 2 heteroatoms. The van der Waals surface area contributed by atoms with Crippen molar-refractivity contribution in [1.29, 1.82) is 0 Å². The molecule has 0 bridgehead atoms. The fourth-order valence-corrected chi connectivity index (χ4v) is 3.66. The Balaban J connectivity index is 2.22. The molecule has 0 amide bonds. The third-order valence-electron chi connectivity index (χ3n) is 2.52. The van der Waals surface area contributed by atoms with E-state index in [0.29, 0.717) is 15.0 Å². The van der Waals surface area contributed by atoms with Gasteiger partial charge in [-0.05, 0) is 0 Å². The molecule has 0 saturated heterocycles. The van der Waals surface area contributed by atoms with Crippen molar-refractivity contribution in [1.82, 2.24) is 5.32 Å². The van der Waals surface area contributed by atoms with Crippen LogP contribution >= 0.6 is 0 Å². The summed E-state index contributed by atoms with van der Waals surface area (Å²) in [5.41, 5.74) is 1.33. The van der Waals surface area contributed by atoms with Crippen LogP contribution < -0.4 is 9.78 Å². The first-order valence-corrected chi connectivity index (χ1v) is 7.74. The van der Waals surface area contributed by atoms with E-state index in [-0.39, 0.29) is 0 Å². The fraction of sp³-hybridized carbons (Fsp3) is 0.125. The number of likely N-dealkylation sites (N-methyl/N-ethyl adjacent to an activating group) is 1. The zero-order chi connectivity index (χ0) is 12.6. The van der Waals surface area contributed by atoms with Crippen LogP contribution in [0.4, 0.5) is 0 Å². The van der Waals surface area contributed by atoms with Crippen molar-refractivity contribution in [3.63, 3.8) is 0 Å². The van der Waals surface area contributed by atoms with Gasteiger partial charge in [-0.3, -0.25) is 0 Å². The molecule has 92 valence electrons. The van der Waals surface area contributed by atoms with E-state index in [2.05, 4.69) is 72.1 Å². The predicted molar refractivity (Wildman–Crippen MR) is 80.2 cm³/mol. The molecular formula is C16H17NSe. The van der Waals surface area contributed by atoms with Crippen LogP contribution in [-0.2, 0) is 0 Å². The van der Waals surface area contributed by atoms with Gasteiger partial charge in [-0.25, -0.2) is 0 Å². The number of hydrogen-bond donors (Lipinski definition) is 1. The van der Waals surface area contributed by atoms with Gasteiger partial charge >= 0.3 is 115 Å². The first-order chi connectivity index (χ1) is 8.90. The van der Waals surface area contributed by atoms with Crippen LogP contribution in [0.15, 0.2) is 66.7 Å². The first-order valence-electron chi connectivity index (χ1n) is 6.03. The van der Waals surface area contributed by atoms with Crippen LogP contribution in [0.2, 0.25) is 0 Å². The Kier molecular flexibility index (Phi) is 5.22. The van der Waals surface area contributed by atoms with E-state index in [0.717, 1.165) is 6.54 Å². The first kappa shape index (κ1) is 13.1. The minimum absolute atomic E-state index is 0.361. The van der Waals surface area contributed by atoms with E-state index >= 15 is 0 Å². The molecule has 2 rings (SSSR count). The molecule has 2 aromatic carbocycles. The van der Waals surface area contributed by atoms with E-state index in [9.17, 15) is 0 Å². The molecule has 0 fully saturated rings. The second-order valence-electron chi connectivity index (χ2n) is 3.91. The predicted octanol–water partition coefficient (Wildman–Crippen LogP) is 2.28. The molecule has 0 aromatic heterocycles. The Hall–Kier alpha value is -1.34. The van der Waals surface area contributed by atoms with E-state index in [4.69, 9.17) is 0 Å². The molecule has 0 spiro atoms. The summed E-state index contributed by atoms with van der Waals surface area (Å²) in [7, 11) is 1.98. The Morgan fingerprint density at radius 3 is 2.22 bits per heavy atom. The summed E-state index contributed by atoms with van der Waals surface area (Å²) in [6, 6.07) is 21.3. The zero-order valence-electron chi connectivity index (χ0n) is 10.5. The summed E-state index contributed by atoms with van der Waals surface area (Å²) in [6.07, 6.45) is 2.29. The zero-order valence-corrected chi connectivity index (χ0v) is 12.2. The quantitative estimate of drug-likeness (QED) is 0.836. The molecule has 0 atom stereocenters. The Morgan fingerprint density at radius 2 is 1.61 bits per heavy atom. The second kappa shape index (κ2) is 7.17. The topological polar surface area (TPSA) is 12.0 Å². The molecule has 0 unspecified atom stereocenters. The normalized spacial score (nSPS) is 11.5. The van der Waals surface area contributed by atoms with Crippen molar-refractivity contribution in [3.05, 3.63) is 72.3 Å². The fourth-order valence-electron chi connectivity index (χ4n) is 1.63. The average molecular weight is 302 g/mol. The number of hydrogen-bond acceptors (Lipinski definition) is 1. The van der Waals surface area contributed by atoms with E-state index in [1.165, 1.54) is 14.5 Å². The molecule has 0 heterocycles. The summed E-state index contributed by atoms with van der Waals surface area (Å²) < 4.78 is 2.85. The van der Waals surface area contributed by atoms with Crippen LogP contribution in [0.5, 0.6) is 0 Å². The molecule has 1 nitrogen and oxygen atoms in total. The summed E-state index contributed by atoms with van der Waals surface area (Å²) in [4.78, 5) is 0. The van der Waals surface area contributed by atoms with Crippen LogP contribution in [0.25, 0.3) is 4.47 Å².